The molecular weight excluding hydrogens is 344 g/mol. The molecule has 5 nitrogen and oxygen atoms in total. The summed E-state index contributed by atoms with van der Waals surface area (Å²) in [4.78, 5) is 26.2. The van der Waals surface area contributed by atoms with Crippen molar-refractivity contribution in [2.45, 2.75) is 38.9 Å². The van der Waals surface area contributed by atoms with E-state index in [-0.39, 0.29) is 18.8 Å². The Balaban J connectivity index is 1.89. The highest BCUT2D eigenvalue weighted by molar-refractivity contribution is 6.10. The van der Waals surface area contributed by atoms with Gasteiger partial charge in [0.05, 0.1) is 6.61 Å². The summed E-state index contributed by atoms with van der Waals surface area (Å²) in [6.07, 6.45) is -1.04. The first kappa shape index (κ1) is 17.7. The summed E-state index contributed by atoms with van der Waals surface area (Å²) in [6, 6.07) is 12.5. The molecule has 0 saturated heterocycles. The lowest BCUT2D eigenvalue weighted by Crippen LogP contribution is -2.47. The van der Waals surface area contributed by atoms with E-state index in [9.17, 15) is 14.7 Å². The Morgan fingerprint density at radius 2 is 1.93 bits per heavy atom. The summed E-state index contributed by atoms with van der Waals surface area (Å²) in [5, 5.41) is 11.3. The van der Waals surface area contributed by atoms with E-state index in [1.165, 1.54) is 0 Å². The SMILES string of the molecule is CCOC(=O)[C@@]12C[C@]1(C(=O)c1ccccc1)[C@H](O)c1cc(C)cc(C)c1O2. The van der Waals surface area contributed by atoms with E-state index in [0.717, 1.165) is 11.1 Å². The summed E-state index contributed by atoms with van der Waals surface area (Å²) in [7, 11) is 0. The fourth-order valence-corrected chi connectivity index (χ4v) is 4.34. The highest BCUT2D eigenvalue weighted by atomic mass is 16.6. The van der Waals surface area contributed by atoms with Crippen LogP contribution in [0.25, 0.3) is 0 Å². The van der Waals surface area contributed by atoms with Crippen LogP contribution >= 0.6 is 0 Å². The van der Waals surface area contributed by atoms with E-state index in [1.807, 2.05) is 32.0 Å². The molecule has 1 saturated carbocycles. The number of hydrogen-bond donors (Lipinski definition) is 1. The van der Waals surface area contributed by atoms with Crippen LogP contribution in [-0.2, 0) is 9.53 Å². The van der Waals surface area contributed by atoms with Crippen LogP contribution in [-0.4, -0.2) is 29.1 Å². The van der Waals surface area contributed by atoms with Crippen molar-refractivity contribution in [1.29, 1.82) is 0 Å². The van der Waals surface area contributed by atoms with Crippen molar-refractivity contribution >= 4 is 11.8 Å². The first-order chi connectivity index (χ1) is 12.9. The molecule has 0 bridgehead atoms. The summed E-state index contributed by atoms with van der Waals surface area (Å²) >= 11 is 0. The van der Waals surface area contributed by atoms with E-state index in [0.29, 0.717) is 16.9 Å². The average molecular weight is 366 g/mol. The number of benzene rings is 2. The lowest BCUT2D eigenvalue weighted by atomic mass is 9.79. The van der Waals surface area contributed by atoms with E-state index >= 15 is 0 Å². The smallest absolute Gasteiger partial charge is 0.351 e. The van der Waals surface area contributed by atoms with Crippen LogP contribution in [0, 0.1) is 19.3 Å². The standard InChI is InChI=1S/C22H22O5/c1-4-26-20(25)22-12-21(22,18(23)15-8-6-5-7-9-15)19(24)16-11-13(2)10-14(3)17(16)27-22/h5-11,19,24H,4,12H2,1-3H3/t19-,21+,22+/m1/s1. The van der Waals surface area contributed by atoms with Gasteiger partial charge in [-0.1, -0.05) is 42.0 Å². The van der Waals surface area contributed by atoms with Crippen molar-refractivity contribution in [2.24, 2.45) is 5.41 Å². The lowest BCUT2D eigenvalue weighted by Gasteiger charge is -2.35. The van der Waals surface area contributed by atoms with Gasteiger partial charge in [0.2, 0.25) is 5.60 Å². The van der Waals surface area contributed by atoms with Crippen molar-refractivity contribution in [3.63, 3.8) is 0 Å². The van der Waals surface area contributed by atoms with Gasteiger partial charge in [0.1, 0.15) is 17.3 Å². The van der Waals surface area contributed by atoms with Gasteiger partial charge in [-0.25, -0.2) is 4.79 Å². The summed E-state index contributed by atoms with van der Waals surface area (Å²) in [5.74, 6) is -0.428. The van der Waals surface area contributed by atoms with Crippen molar-refractivity contribution in [2.75, 3.05) is 6.61 Å². The zero-order chi connectivity index (χ0) is 19.4. The molecule has 0 amide bonds. The zero-order valence-electron chi connectivity index (χ0n) is 15.6. The van der Waals surface area contributed by atoms with E-state index in [2.05, 4.69) is 0 Å². The van der Waals surface area contributed by atoms with E-state index in [1.54, 1.807) is 31.2 Å². The molecule has 2 aliphatic rings. The van der Waals surface area contributed by atoms with Crippen molar-refractivity contribution in [1.82, 2.24) is 0 Å². The minimum atomic E-state index is -1.48. The highest BCUT2D eigenvalue weighted by Crippen LogP contribution is 2.70. The quantitative estimate of drug-likeness (QED) is 0.664. The van der Waals surface area contributed by atoms with Crippen LogP contribution in [0.1, 0.15) is 46.5 Å². The predicted octanol–water partition coefficient (Wildman–Crippen LogP) is 3.30. The lowest BCUT2D eigenvalue weighted by molar-refractivity contribution is -0.158. The van der Waals surface area contributed by atoms with Crippen LogP contribution in [0.2, 0.25) is 0 Å². The third-order valence-corrected chi connectivity index (χ3v) is 5.66. The molecule has 3 atom stereocenters. The third kappa shape index (κ3) is 2.28. The van der Waals surface area contributed by atoms with Gasteiger partial charge in [0, 0.05) is 17.5 Å². The third-order valence-electron chi connectivity index (χ3n) is 5.66. The topological polar surface area (TPSA) is 72.8 Å². The van der Waals surface area contributed by atoms with Gasteiger partial charge < -0.3 is 14.6 Å². The fraction of sp³-hybridized carbons (Fsp3) is 0.364. The number of aryl methyl sites for hydroxylation is 2. The summed E-state index contributed by atoms with van der Waals surface area (Å²) < 4.78 is 11.4. The number of ketones is 1. The Hall–Kier alpha value is -2.66. The second-order valence-corrected chi connectivity index (χ2v) is 7.40. The molecule has 0 spiro atoms. The highest BCUT2D eigenvalue weighted by Gasteiger charge is 2.84. The zero-order valence-corrected chi connectivity index (χ0v) is 15.6. The molecule has 1 aliphatic heterocycles. The predicted molar refractivity (Wildman–Crippen MR) is 98.7 cm³/mol. The number of esters is 1. The number of carbonyl (C=O) groups excluding carboxylic acids is 2. The molecule has 2 aromatic carbocycles. The second kappa shape index (κ2) is 5.92. The van der Waals surface area contributed by atoms with E-state index in [4.69, 9.17) is 9.47 Å². The molecule has 1 N–H and O–H groups in total. The Morgan fingerprint density at radius 3 is 2.59 bits per heavy atom. The molecule has 4 rings (SSSR count). The van der Waals surface area contributed by atoms with Gasteiger partial charge in [0.25, 0.3) is 0 Å². The Labute approximate surface area is 157 Å². The number of Topliss-reactive ketones (excluding diaryl/α,β-unsaturated/α-hetero) is 1. The molecule has 0 aromatic heterocycles. The number of fused-ring (bicyclic) bond motifs is 2. The monoisotopic (exact) mass is 366 g/mol. The van der Waals surface area contributed by atoms with Crippen molar-refractivity contribution in [3.8, 4) is 5.75 Å². The van der Waals surface area contributed by atoms with Crippen LogP contribution in [0.5, 0.6) is 5.75 Å². The van der Waals surface area contributed by atoms with Gasteiger partial charge in [0.15, 0.2) is 5.78 Å². The fourth-order valence-electron chi connectivity index (χ4n) is 4.34. The molecule has 1 heterocycles. The molecule has 0 unspecified atom stereocenters. The molecule has 27 heavy (non-hydrogen) atoms. The number of ether oxygens (including phenoxy) is 2. The largest absolute Gasteiger partial charge is 0.474 e. The van der Waals surface area contributed by atoms with Gasteiger partial charge >= 0.3 is 5.97 Å². The van der Waals surface area contributed by atoms with Crippen molar-refractivity contribution < 1.29 is 24.2 Å². The number of aliphatic hydroxyl groups excluding tert-OH is 1. The Bertz CT molecular complexity index is 935. The molecule has 1 aliphatic carbocycles. The molecular formula is C22H22O5. The maximum absolute atomic E-state index is 13.4. The maximum Gasteiger partial charge on any atom is 0.351 e. The van der Waals surface area contributed by atoms with Gasteiger partial charge in [-0.15, -0.1) is 0 Å². The van der Waals surface area contributed by atoms with Crippen LogP contribution < -0.4 is 4.74 Å². The van der Waals surface area contributed by atoms with Crippen LogP contribution in [0.4, 0.5) is 0 Å². The normalized spacial score (nSPS) is 27.8. The first-order valence-electron chi connectivity index (χ1n) is 9.12. The van der Waals surface area contributed by atoms with Gasteiger partial charge in [-0.2, -0.15) is 0 Å². The first-order valence-corrected chi connectivity index (χ1v) is 9.12. The molecule has 2 aromatic rings. The number of aliphatic hydroxyl groups is 1. The van der Waals surface area contributed by atoms with E-state index < -0.39 is 23.1 Å². The van der Waals surface area contributed by atoms with Gasteiger partial charge in [-0.3, -0.25) is 4.79 Å². The summed E-state index contributed by atoms with van der Waals surface area (Å²) in [6.45, 7) is 5.67. The van der Waals surface area contributed by atoms with Crippen LogP contribution in [0.15, 0.2) is 42.5 Å². The number of rotatable bonds is 4. The van der Waals surface area contributed by atoms with Crippen molar-refractivity contribution in [3.05, 3.63) is 64.7 Å². The van der Waals surface area contributed by atoms with Gasteiger partial charge in [-0.05, 0) is 32.4 Å². The Kier molecular flexibility index (Phi) is 3.89. The maximum atomic E-state index is 13.4. The Morgan fingerprint density at radius 1 is 1.22 bits per heavy atom. The molecule has 1 fully saturated rings. The van der Waals surface area contributed by atoms with Crippen LogP contribution in [0.3, 0.4) is 0 Å². The number of carbonyl (C=O) groups is 2. The number of hydrogen-bond acceptors (Lipinski definition) is 5. The molecule has 5 heteroatoms. The minimum Gasteiger partial charge on any atom is -0.474 e. The summed E-state index contributed by atoms with van der Waals surface area (Å²) in [5.41, 5.74) is -0.0785. The molecule has 140 valence electrons. The minimum absolute atomic E-state index is 0.0981. The molecule has 0 radical (unpaired) electrons. The average Bonchev–Trinajstić information content (AvgIpc) is 3.36. The second-order valence-electron chi connectivity index (χ2n) is 7.40.